The van der Waals surface area contributed by atoms with E-state index in [1.165, 1.54) is 12.3 Å². The van der Waals surface area contributed by atoms with Crippen molar-refractivity contribution in [2.75, 3.05) is 129 Å². The maximum atomic E-state index is 9.96. The van der Waals surface area contributed by atoms with Crippen LogP contribution in [0.1, 0.15) is 18.1 Å². The third-order valence-electron chi connectivity index (χ3n) is 5.99. The van der Waals surface area contributed by atoms with Gasteiger partial charge >= 0.3 is 29.6 Å². The zero-order valence-corrected chi connectivity index (χ0v) is 39.1. The molecule has 0 aliphatic carbocycles. The van der Waals surface area contributed by atoms with Crippen molar-refractivity contribution in [1.82, 2.24) is 29.7 Å². The van der Waals surface area contributed by atoms with Crippen molar-refractivity contribution in [1.29, 1.82) is 10.5 Å². The number of nitrogens with two attached hydrogens (primary N) is 1. The summed E-state index contributed by atoms with van der Waals surface area (Å²) in [5.41, 5.74) is 7.63. The summed E-state index contributed by atoms with van der Waals surface area (Å²) in [6, 6.07) is 14.1. The fraction of sp³-hybridized carbons (Fsp3) is 0.526. The Balaban J connectivity index is -0.000000214. The number of pyridine rings is 3. The van der Waals surface area contributed by atoms with Crippen LogP contribution in [0.2, 0.25) is 5.15 Å². The van der Waals surface area contributed by atoms with Gasteiger partial charge in [-0.3, -0.25) is 4.39 Å². The van der Waals surface area contributed by atoms with Crippen LogP contribution in [0.4, 0.5) is 4.39 Å². The van der Waals surface area contributed by atoms with Gasteiger partial charge in [-0.25, -0.2) is 15.0 Å². The average molecular weight is 925 g/mol. The third kappa shape index (κ3) is 43.0. The van der Waals surface area contributed by atoms with Gasteiger partial charge < -0.3 is 56.7 Å². The van der Waals surface area contributed by atoms with Crippen LogP contribution in [-0.4, -0.2) is 158 Å². The van der Waals surface area contributed by atoms with Crippen LogP contribution in [0.15, 0.2) is 55.0 Å². The Hall–Kier alpha value is -2.41. The normalized spacial score (nSPS) is 9.63. The minimum atomic E-state index is -1.00. The first-order valence-electron chi connectivity index (χ1n) is 17.6. The Kier molecular flexibility index (Phi) is 49.7. The van der Waals surface area contributed by atoms with E-state index in [-0.39, 0.29) is 64.0 Å². The van der Waals surface area contributed by atoms with Crippen molar-refractivity contribution in [2.45, 2.75) is 6.54 Å². The Morgan fingerprint density at radius 2 is 1.12 bits per heavy atom. The summed E-state index contributed by atoms with van der Waals surface area (Å²) in [6.07, 6.45) is 4.76. The van der Waals surface area contributed by atoms with Gasteiger partial charge in [0.15, 0.2) is 0 Å². The number of nitriles is 2. The van der Waals surface area contributed by atoms with Crippen molar-refractivity contribution >= 4 is 11.6 Å². The molecule has 0 spiro atoms. The third-order valence-corrected chi connectivity index (χ3v) is 6.19. The molecule has 0 fully saturated rings. The predicted octanol–water partition coefficient (Wildman–Crippen LogP) is -0.0233. The van der Waals surface area contributed by atoms with Gasteiger partial charge in [0.2, 0.25) is 11.8 Å². The van der Waals surface area contributed by atoms with Crippen molar-refractivity contribution in [3.05, 3.63) is 84.3 Å². The first-order chi connectivity index (χ1) is 26.4. The molecule has 0 aromatic carbocycles. The number of alkyl halides is 1. The van der Waals surface area contributed by atoms with E-state index in [0.717, 1.165) is 25.2 Å². The molecule has 57 heavy (non-hydrogen) atoms. The number of rotatable bonds is 20. The van der Waals surface area contributed by atoms with Crippen LogP contribution in [0.5, 0.6) is 11.8 Å². The second kappa shape index (κ2) is 46.3. The molecule has 0 bridgehead atoms. The summed E-state index contributed by atoms with van der Waals surface area (Å²) in [6.45, 7) is 7.50. The molecular formula is C38H61ClFN9NaO6Pd-. The molecule has 2 N–H and O–H groups in total. The first kappa shape index (κ1) is 61.3. The quantitative estimate of drug-likeness (QED) is 0.0688. The largest absolute Gasteiger partial charge is 1.00 e. The molecule has 320 valence electrons. The van der Waals surface area contributed by atoms with E-state index >= 15 is 0 Å². The van der Waals surface area contributed by atoms with Gasteiger partial charge in [-0.2, -0.15) is 10.5 Å². The number of aromatic nitrogens is 3. The molecular weight excluding hydrogens is 862 g/mol. The van der Waals surface area contributed by atoms with E-state index < -0.39 is 7.15 Å². The topological polar surface area (TPSA) is 191 Å². The fourth-order valence-corrected chi connectivity index (χ4v) is 3.38. The SMILES string of the molecule is CN(C)CCOCCOc1cc(C#N)ccn1.CN(C)CCOCCOc1cc(CN)ccn1.CN(C)CCOCC[O-].N#Cc1ccnc(Cl)c1.[2H]CF.[CH3-].[Na+].[Pd]. The summed E-state index contributed by atoms with van der Waals surface area (Å²) < 4.78 is 42.0. The van der Waals surface area contributed by atoms with Gasteiger partial charge in [-0.1, -0.05) is 11.6 Å². The second-order valence-electron chi connectivity index (χ2n) is 11.3. The zero-order valence-electron chi connectivity index (χ0n) is 35.8. The van der Waals surface area contributed by atoms with Crippen molar-refractivity contribution in [3.8, 4) is 23.9 Å². The van der Waals surface area contributed by atoms with Crippen molar-refractivity contribution in [2.24, 2.45) is 5.73 Å². The molecule has 0 aliphatic heterocycles. The smallest absolute Gasteiger partial charge is 0.853 e. The zero-order chi connectivity index (χ0) is 41.5. The molecule has 0 atom stereocenters. The van der Waals surface area contributed by atoms with E-state index in [9.17, 15) is 9.50 Å². The van der Waals surface area contributed by atoms with Gasteiger partial charge in [0.1, 0.15) is 18.4 Å². The molecule has 3 aromatic rings. The maximum Gasteiger partial charge on any atom is 1.00 e. The van der Waals surface area contributed by atoms with Crippen molar-refractivity contribution < 1.29 is 84.5 Å². The van der Waals surface area contributed by atoms with Gasteiger partial charge in [-0.15, -0.1) is 6.61 Å². The molecule has 0 saturated heterocycles. The van der Waals surface area contributed by atoms with Crippen LogP contribution in [0.3, 0.4) is 0 Å². The molecule has 3 heterocycles. The number of hydrogen-bond donors (Lipinski definition) is 1. The molecule has 3 aromatic heterocycles. The number of likely N-dealkylation sites (N-methyl/N-ethyl adjacent to an activating group) is 3. The molecule has 3 rings (SSSR count). The van der Waals surface area contributed by atoms with Crippen LogP contribution in [0, 0.1) is 30.1 Å². The van der Waals surface area contributed by atoms with Crippen molar-refractivity contribution in [3.63, 3.8) is 0 Å². The maximum absolute atomic E-state index is 9.96. The van der Waals surface area contributed by atoms with E-state index in [4.69, 9.17) is 52.9 Å². The van der Waals surface area contributed by atoms with E-state index in [1.807, 2.05) is 71.5 Å². The molecule has 15 nitrogen and oxygen atoms in total. The Labute approximate surface area is 382 Å². The summed E-state index contributed by atoms with van der Waals surface area (Å²) in [5, 5.41) is 27.2. The van der Waals surface area contributed by atoms with Crippen LogP contribution >= 0.6 is 11.6 Å². The number of nitrogens with zero attached hydrogens (tertiary/aromatic N) is 8. The van der Waals surface area contributed by atoms with Gasteiger partial charge in [0.05, 0.1) is 64.8 Å². The molecule has 0 amide bonds. The summed E-state index contributed by atoms with van der Waals surface area (Å²) in [5.74, 6) is 1.06. The molecule has 0 radical (unpaired) electrons. The van der Waals surface area contributed by atoms with E-state index in [2.05, 4.69) is 24.8 Å². The predicted molar refractivity (Wildman–Crippen MR) is 212 cm³/mol. The monoisotopic (exact) mass is 923 g/mol. The van der Waals surface area contributed by atoms with Crippen LogP contribution in [0.25, 0.3) is 0 Å². The number of halogens is 2. The van der Waals surface area contributed by atoms with E-state index in [1.54, 1.807) is 30.6 Å². The Morgan fingerprint density at radius 3 is 1.51 bits per heavy atom. The van der Waals surface area contributed by atoms with Gasteiger partial charge in [0, 0.05) is 83.9 Å². The number of ether oxygens (including phenoxy) is 5. The second-order valence-corrected chi connectivity index (χ2v) is 11.7. The number of hydrogen-bond acceptors (Lipinski definition) is 15. The molecule has 19 heteroatoms. The van der Waals surface area contributed by atoms with E-state index in [0.29, 0.717) is 87.4 Å². The summed E-state index contributed by atoms with van der Waals surface area (Å²) in [7, 11) is 11.0. The Morgan fingerprint density at radius 1 is 0.719 bits per heavy atom. The first-order valence-corrected chi connectivity index (χ1v) is 17.2. The minimum absolute atomic E-state index is 0. The minimum Gasteiger partial charge on any atom is -0.853 e. The molecule has 0 aliphatic rings. The summed E-state index contributed by atoms with van der Waals surface area (Å²) in [4.78, 5) is 17.9. The average Bonchev–Trinajstić information content (AvgIpc) is 3.17. The Bertz CT molecular complexity index is 1440. The standard InChI is InChI=1S/C12H21N3O2.C12H17N3O2.C6H3ClN2.C6H14NO2.CH3F.CH3.Na.Pd/c2*1-15(2)5-6-16-7-8-17-12-9-11(10-13)3-4-14-12;7-6-3-5(4-8)1-2-9-6;1-7(2)3-5-9-6-4-8;1-2;;;/h3-4,9H,5-8,10,13H2,1-2H3;3-4,9H,5-8H2,1-2H3;1-3H;3-6H2,1-2H3;1H3;1H3;;/q;;;-1;;-1;+1;/i;;;;1D;;;. The molecule has 0 unspecified atom stereocenters. The van der Waals surface area contributed by atoms with Gasteiger partial charge in [0.25, 0.3) is 0 Å². The van der Waals surface area contributed by atoms with Gasteiger partial charge in [-0.05, 0) is 72.1 Å². The van der Waals surface area contributed by atoms with Crippen LogP contribution in [-0.2, 0) is 41.2 Å². The fourth-order valence-electron chi connectivity index (χ4n) is 3.20. The van der Waals surface area contributed by atoms with Crippen LogP contribution < -0.4 is 49.9 Å². The summed E-state index contributed by atoms with van der Waals surface area (Å²) >= 11 is 5.46. The molecule has 0 saturated carbocycles.